The first kappa shape index (κ1) is 10.6. The van der Waals surface area contributed by atoms with Crippen LogP contribution in [0.25, 0.3) is 5.57 Å². The molecule has 0 spiro atoms. The summed E-state index contributed by atoms with van der Waals surface area (Å²) in [5.74, 6) is 0.110. The Morgan fingerprint density at radius 1 is 1.50 bits per heavy atom. The van der Waals surface area contributed by atoms with E-state index in [4.69, 9.17) is 9.81 Å². The van der Waals surface area contributed by atoms with Gasteiger partial charge in [-0.25, -0.2) is 4.21 Å². The Kier molecular flexibility index (Phi) is 3.57. The highest BCUT2D eigenvalue weighted by molar-refractivity contribution is 7.78. The first-order valence-corrected chi connectivity index (χ1v) is 5.17. The summed E-state index contributed by atoms with van der Waals surface area (Å²) < 4.78 is 19.1. The number of nitrogens with zero attached hydrogens (tertiary/aromatic N) is 1. The van der Waals surface area contributed by atoms with Crippen molar-refractivity contribution < 1.29 is 8.76 Å². The van der Waals surface area contributed by atoms with Crippen molar-refractivity contribution >= 4 is 16.7 Å². The molecule has 1 atom stereocenters. The molecule has 0 bridgehead atoms. The summed E-state index contributed by atoms with van der Waals surface area (Å²) >= 11 is -1.82. The topological polar surface area (TPSA) is 61.1 Å². The third-order valence-corrected chi connectivity index (χ3v) is 2.31. The molecule has 0 aliphatic rings. The highest BCUT2D eigenvalue weighted by Crippen LogP contribution is 2.13. The first-order chi connectivity index (χ1) is 6.63. The van der Waals surface area contributed by atoms with Crippen molar-refractivity contribution in [2.24, 2.45) is 0 Å². The lowest BCUT2D eigenvalue weighted by Crippen LogP contribution is -1.92. The number of rotatable bonds is 3. The van der Waals surface area contributed by atoms with E-state index < -0.39 is 11.1 Å². The zero-order valence-electron chi connectivity index (χ0n) is 7.43. The molecule has 0 saturated heterocycles. The van der Waals surface area contributed by atoms with Crippen molar-refractivity contribution in [2.45, 2.75) is 5.75 Å². The van der Waals surface area contributed by atoms with Gasteiger partial charge in [-0.15, -0.1) is 0 Å². The van der Waals surface area contributed by atoms with E-state index in [9.17, 15) is 4.21 Å². The lowest BCUT2D eigenvalue weighted by atomic mass is 10.1. The van der Waals surface area contributed by atoms with Gasteiger partial charge in [-0.05, 0) is 11.1 Å². The van der Waals surface area contributed by atoms with Crippen molar-refractivity contribution in [3.05, 3.63) is 42.0 Å². The average Bonchev–Trinajstić information content (AvgIpc) is 2.17. The van der Waals surface area contributed by atoms with Gasteiger partial charge in [-0.2, -0.15) is 5.26 Å². The van der Waals surface area contributed by atoms with E-state index in [1.165, 1.54) is 0 Å². The Hall–Kier alpha value is -1.44. The zero-order chi connectivity index (χ0) is 10.6. The molecular formula is C10H9NO2S. The molecule has 0 fully saturated rings. The Morgan fingerprint density at radius 3 is 2.50 bits per heavy atom. The fraction of sp³-hybridized carbons (Fsp3) is 0.100. The van der Waals surface area contributed by atoms with Crippen LogP contribution in [0.2, 0.25) is 0 Å². The van der Waals surface area contributed by atoms with Crippen LogP contribution in [0.4, 0.5) is 0 Å². The SMILES string of the molecule is C=C(C#N)c1ccc(CS(=O)O)cc1. The normalized spacial score (nSPS) is 11.7. The van der Waals surface area contributed by atoms with Gasteiger partial charge < -0.3 is 4.55 Å². The number of hydrogen-bond acceptors (Lipinski definition) is 2. The van der Waals surface area contributed by atoms with Crippen LogP contribution >= 0.6 is 0 Å². The van der Waals surface area contributed by atoms with Gasteiger partial charge in [0, 0.05) is 0 Å². The standard InChI is InChI=1S/C10H9NO2S/c1-8(6-11)10-4-2-9(3-5-10)7-14(12)13/h2-5H,1,7H2,(H,12,13). The summed E-state index contributed by atoms with van der Waals surface area (Å²) in [6, 6.07) is 8.80. The number of benzene rings is 1. The van der Waals surface area contributed by atoms with Gasteiger partial charge in [-0.1, -0.05) is 30.8 Å². The Morgan fingerprint density at radius 2 is 2.07 bits per heavy atom. The van der Waals surface area contributed by atoms with Gasteiger partial charge >= 0.3 is 0 Å². The second kappa shape index (κ2) is 4.70. The molecule has 4 heteroatoms. The van der Waals surface area contributed by atoms with E-state index in [0.717, 1.165) is 11.1 Å². The molecule has 1 aromatic carbocycles. The second-order valence-electron chi connectivity index (χ2n) is 2.75. The van der Waals surface area contributed by atoms with Gasteiger partial charge in [0.2, 0.25) is 0 Å². The highest BCUT2D eigenvalue weighted by Gasteiger charge is 2.00. The molecule has 1 rings (SSSR count). The molecule has 0 aromatic heterocycles. The van der Waals surface area contributed by atoms with E-state index in [0.29, 0.717) is 5.57 Å². The third kappa shape index (κ3) is 2.80. The van der Waals surface area contributed by atoms with Gasteiger partial charge in [0.05, 0.1) is 17.4 Å². The van der Waals surface area contributed by atoms with E-state index >= 15 is 0 Å². The maximum absolute atomic E-state index is 10.5. The van der Waals surface area contributed by atoms with Crippen molar-refractivity contribution in [2.75, 3.05) is 0 Å². The van der Waals surface area contributed by atoms with Crippen LogP contribution in [0.5, 0.6) is 0 Å². The Balaban J connectivity index is 2.85. The summed E-state index contributed by atoms with van der Waals surface area (Å²) in [5.41, 5.74) is 1.89. The minimum Gasteiger partial charge on any atom is -0.306 e. The average molecular weight is 207 g/mol. The van der Waals surface area contributed by atoms with Gasteiger partial charge in [0.15, 0.2) is 11.1 Å². The third-order valence-electron chi connectivity index (χ3n) is 1.73. The van der Waals surface area contributed by atoms with Crippen molar-refractivity contribution in [3.8, 4) is 6.07 Å². The smallest absolute Gasteiger partial charge is 0.157 e. The molecule has 72 valence electrons. The van der Waals surface area contributed by atoms with E-state index in [-0.39, 0.29) is 5.75 Å². The highest BCUT2D eigenvalue weighted by atomic mass is 32.2. The molecule has 14 heavy (non-hydrogen) atoms. The summed E-state index contributed by atoms with van der Waals surface area (Å²) in [7, 11) is 0. The molecule has 0 heterocycles. The first-order valence-electron chi connectivity index (χ1n) is 3.89. The van der Waals surface area contributed by atoms with Crippen molar-refractivity contribution in [3.63, 3.8) is 0 Å². The number of allylic oxidation sites excluding steroid dienone is 1. The quantitative estimate of drug-likeness (QED) is 0.608. The molecule has 1 aromatic rings. The predicted molar refractivity (Wildman–Crippen MR) is 55.6 cm³/mol. The molecule has 0 amide bonds. The molecule has 3 nitrogen and oxygen atoms in total. The second-order valence-corrected chi connectivity index (χ2v) is 3.68. The molecule has 0 aliphatic heterocycles. The van der Waals surface area contributed by atoms with Crippen LogP contribution in [0.15, 0.2) is 30.8 Å². The largest absolute Gasteiger partial charge is 0.306 e. The number of nitriles is 1. The molecule has 1 unspecified atom stereocenters. The summed E-state index contributed by atoms with van der Waals surface area (Å²) in [5, 5.41) is 8.56. The molecule has 0 saturated carbocycles. The summed E-state index contributed by atoms with van der Waals surface area (Å²) in [6.07, 6.45) is 0. The van der Waals surface area contributed by atoms with E-state index in [1.807, 2.05) is 6.07 Å². The van der Waals surface area contributed by atoms with Crippen LogP contribution in [-0.2, 0) is 16.8 Å². The van der Waals surface area contributed by atoms with Crippen LogP contribution in [0.3, 0.4) is 0 Å². The summed E-state index contributed by atoms with van der Waals surface area (Å²) in [6.45, 7) is 3.56. The van der Waals surface area contributed by atoms with E-state index in [2.05, 4.69) is 6.58 Å². The van der Waals surface area contributed by atoms with Gasteiger partial charge in [0.1, 0.15) is 0 Å². The molecular weight excluding hydrogens is 198 g/mol. The van der Waals surface area contributed by atoms with E-state index in [1.54, 1.807) is 24.3 Å². The fourth-order valence-corrected chi connectivity index (χ4v) is 1.49. The minimum absolute atomic E-state index is 0.110. The zero-order valence-corrected chi connectivity index (χ0v) is 8.25. The van der Waals surface area contributed by atoms with Crippen molar-refractivity contribution in [1.82, 2.24) is 0 Å². The number of hydrogen-bond donors (Lipinski definition) is 1. The maximum atomic E-state index is 10.5. The lowest BCUT2D eigenvalue weighted by Gasteiger charge is -1.99. The Labute approximate surface area is 85.0 Å². The van der Waals surface area contributed by atoms with Gasteiger partial charge in [0.25, 0.3) is 0 Å². The summed E-state index contributed by atoms with van der Waals surface area (Å²) in [4.78, 5) is 0. The lowest BCUT2D eigenvalue weighted by molar-refractivity contribution is 0.563. The Bertz CT molecular complexity index is 403. The van der Waals surface area contributed by atoms with Crippen molar-refractivity contribution in [1.29, 1.82) is 5.26 Å². The molecule has 0 aliphatic carbocycles. The maximum Gasteiger partial charge on any atom is 0.157 e. The molecule has 1 N–H and O–H groups in total. The van der Waals surface area contributed by atoms with Crippen LogP contribution in [0.1, 0.15) is 11.1 Å². The molecule has 0 radical (unpaired) electrons. The van der Waals surface area contributed by atoms with Gasteiger partial charge in [-0.3, -0.25) is 0 Å². The fourth-order valence-electron chi connectivity index (χ4n) is 1.01. The van der Waals surface area contributed by atoms with Crippen LogP contribution < -0.4 is 0 Å². The van der Waals surface area contributed by atoms with Crippen LogP contribution in [0, 0.1) is 11.3 Å². The van der Waals surface area contributed by atoms with Crippen LogP contribution in [-0.4, -0.2) is 8.76 Å². The minimum atomic E-state index is -1.82. The monoisotopic (exact) mass is 207 g/mol. The predicted octanol–water partition coefficient (Wildman–Crippen LogP) is 1.95.